The predicted molar refractivity (Wildman–Crippen MR) is 47.5 cm³/mol. The van der Waals surface area contributed by atoms with Gasteiger partial charge in [-0.1, -0.05) is 0 Å². The molecule has 0 aliphatic carbocycles. The maximum Gasteiger partial charge on any atom is 0.100 e. The molecule has 0 spiro atoms. The van der Waals surface area contributed by atoms with Crippen LogP contribution in [0, 0.1) is 0 Å². The molecular formula is C7H11N3S. The fourth-order valence-electron chi connectivity index (χ4n) is 1.64. The molecule has 4 bridgehead atoms. The number of rotatable bonds is 0. The van der Waals surface area contributed by atoms with E-state index >= 15 is 0 Å². The third-order valence-electron chi connectivity index (χ3n) is 2.19. The van der Waals surface area contributed by atoms with Crippen molar-refractivity contribution in [3.8, 4) is 0 Å². The van der Waals surface area contributed by atoms with Gasteiger partial charge in [0.1, 0.15) is 5.37 Å². The van der Waals surface area contributed by atoms with Gasteiger partial charge >= 0.3 is 0 Å². The summed E-state index contributed by atoms with van der Waals surface area (Å²) in [5.41, 5.74) is 2.98. The molecule has 2 atom stereocenters. The maximum absolute atomic E-state index is 3.41. The molecule has 0 radical (unpaired) electrons. The standard InChI is InChI=1S/C7H8N2S.H3N/c1-2-8-3-5-6-4(1)7(9-6)10-5;/h1-2,5,7-9H,3H2;1H3. The summed E-state index contributed by atoms with van der Waals surface area (Å²) < 4.78 is 0. The number of thioether (sulfide) groups is 1. The Morgan fingerprint density at radius 1 is 1.55 bits per heavy atom. The van der Waals surface area contributed by atoms with Gasteiger partial charge in [0.25, 0.3) is 0 Å². The summed E-state index contributed by atoms with van der Waals surface area (Å²) in [6, 6.07) is 0. The molecule has 2 unspecified atom stereocenters. The summed E-state index contributed by atoms with van der Waals surface area (Å²) in [6.07, 6.45) is 4.25. The Kier molecular flexibility index (Phi) is 1.40. The van der Waals surface area contributed by atoms with Crippen molar-refractivity contribution in [2.24, 2.45) is 0 Å². The number of hydrogen-bond donors (Lipinski definition) is 3. The Balaban J connectivity index is 0.000000480. The van der Waals surface area contributed by atoms with Crippen molar-refractivity contribution in [3.05, 3.63) is 23.5 Å². The van der Waals surface area contributed by atoms with Crippen molar-refractivity contribution < 1.29 is 0 Å². The van der Waals surface area contributed by atoms with Crippen LogP contribution in [0.5, 0.6) is 0 Å². The van der Waals surface area contributed by atoms with Gasteiger partial charge in [-0.25, -0.2) is 0 Å². The molecule has 1 saturated heterocycles. The Morgan fingerprint density at radius 3 is 3.36 bits per heavy atom. The minimum Gasteiger partial charge on any atom is -0.389 e. The van der Waals surface area contributed by atoms with Crippen LogP contribution in [0.25, 0.3) is 0 Å². The van der Waals surface area contributed by atoms with E-state index in [1.165, 1.54) is 11.3 Å². The third-order valence-corrected chi connectivity index (χ3v) is 3.56. The Bertz CT molecular complexity index is 246. The minimum atomic E-state index is 0. The second kappa shape index (κ2) is 2.19. The van der Waals surface area contributed by atoms with E-state index in [-0.39, 0.29) is 6.15 Å². The molecule has 0 aromatic rings. The van der Waals surface area contributed by atoms with Gasteiger partial charge in [-0.2, -0.15) is 0 Å². The van der Waals surface area contributed by atoms with Gasteiger partial charge in [0, 0.05) is 17.8 Å². The van der Waals surface area contributed by atoms with Crippen LogP contribution in [-0.4, -0.2) is 17.2 Å². The molecule has 4 rings (SSSR count). The lowest BCUT2D eigenvalue weighted by molar-refractivity contribution is 0.724. The zero-order chi connectivity index (χ0) is 6.55. The number of nitrogens with one attached hydrogen (secondary N) is 2. The van der Waals surface area contributed by atoms with E-state index in [0.717, 1.165) is 6.54 Å². The average molecular weight is 169 g/mol. The molecule has 4 aliphatic heterocycles. The lowest BCUT2D eigenvalue weighted by Crippen LogP contribution is -2.33. The molecule has 0 aromatic carbocycles. The smallest absolute Gasteiger partial charge is 0.100 e. The molecule has 5 N–H and O–H groups in total. The molecule has 1 fully saturated rings. The Morgan fingerprint density at radius 2 is 2.45 bits per heavy atom. The SMILES string of the molecule is C1=CC2=C3NC2SC3CN1.N. The second-order valence-corrected chi connectivity index (χ2v) is 4.07. The largest absolute Gasteiger partial charge is 0.389 e. The van der Waals surface area contributed by atoms with Crippen molar-refractivity contribution in [1.29, 1.82) is 0 Å². The fraction of sp³-hybridized carbons (Fsp3) is 0.429. The molecule has 4 heteroatoms. The molecule has 0 saturated carbocycles. The summed E-state index contributed by atoms with van der Waals surface area (Å²) in [6.45, 7) is 1.09. The monoisotopic (exact) mass is 169 g/mol. The van der Waals surface area contributed by atoms with E-state index in [4.69, 9.17) is 0 Å². The quantitative estimate of drug-likeness (QED) is 0.496. The van der Waals surface area contributed by atoms with Crippen molar-refractivity contribution >= 4 is 11.8 Å². The normalized spacial score (nSPS) is 36.4. The van der Waals surface area contributed by atoms with Crippen LogP contribution in [-0.2, 0) is 0 Å². The van der Waals surface area contributed by atoms with Crippen LogP contribution in [0.4, 0.5) is 0 Å². The Labute approximate surface area is 69.9 Å². The molecule has 11 heavy (non-hydrogen) atoms. The fourth-order valence-corrected chi connectivity index (χ4v) is 3.04. The zero-order valence-electron chi connectivity index (χ0n) is 6.13. The minimum absolute atomic E-state index is 0. The van der Waals surface area contributed by atoms with Crippen molar-refractivity contribution in [3.63, 3.8) is 0 Å². The van der Waals surface area contributed by atoms with Gasteiger partial charge in [-0.15, -0.1) is 11.8 Å². The first-order valence-corrected chi connectivity index (χ1v) is 4.45. The second-order valence-electron chi connectivity index (χ2n) is 2.76. The van der Waals surface area contributed by atoms with Crippen LogP contribution in [0.15, 0.2) is 23.5 Å². The molecule has 3 nitrogen and oxygen atoms in total. The Hall–Kier alpha value is -0.610. The predicted octanol–water partition coefficient (Wildman–Crippen LogP) is 0.564. The summed E-state index contributed by atoms with van der Waals surface area (Å²) in [5.74, 6) is 0. The average Bonchev–Trinajstić information content (AvgIpc) is 2.36. The first-order chi connectivity index (χ1) is 4.95. The van der Waals surface area contributed by atoms with Crippen LogP contribution in [0.2, 0.25) is 0 Å². The summed E-state index contributed by atoms with van der Waals surface area (Å²) in [4.78, 5) is 0. The van der Waals surface area contributed by atoms with E-state index in [2.05, 4.69) is 22.9 Å². The molecule has 4 aliphatic rings. The van der Waals surface area contributed by atoms with Crippen molar-refractivity contribution in [2.75, 3.05) is 6.54 Å². The number of hydrogen-bond acceptors (Lipinski definition) is 4. The highest BCUT2D eigenvalue weighted by molar-refractivity contribution is 8.01. The van der Waals surface area contributed by atoms with Gasteiger partial charge < -0.3 is 16.8 Å². The molecule has 60 valence electrons. The van der Waals surface area contributed by atoms with Crippen molar-refractivity contribution in [1.82, 2.24) is 16.8 Å². The lowest BCUT2D eigenvalue weighted by atomic mass is 10.1. The van der Waals surface area contributed by atoms with Gasteiger partial charge in [0.2, 0.25) is 0 Å². The third kappa shape index (κ3) is 0.736. The van der Waals surface area contributed by atoms with Crippen LogP contribution < -0.4 is 16.8 Å². The van der Waals surface area contributed by atoms with E-state index in [1.807, 2.05) is 11.8 Å². The summed E-state index contributed by atoms with van der Waals surface area (Å²) >= 11 is 2.02. The molecule has 0 amide bonds. The van der Waals surface area contributed by atoms with E-state index in [9.17, 15) is 0 Å². The first kappa shape index (κ1) is 7.06. The van der Waals surface area contributed by atoms with Crippen molar-refractivity contribution in [2.45, 2.75) is 10.6 Å². The van der Waals surface area contributed by atoms with E-state index in [1.54, 1.807) is 0 Å². The van der Waals surface area contributed by atoms with Crippen LogP contribution in [0.1, 0.15) is 0 Å². The van der Waals surface area contributed by atoms with Crippen LogP contribution in [0.3, 0.4) is 0 Å². The summed E-state index contributed by atoms with van der Waals surface area (Å²) in [5, 5.41) is 7.99. The highest BCUT2D eigenvalue weighted by Gasteiger charge is 2.42. The molecule has 4 heterocycles. The lowest BCUT2D eigenvalue weighted by Gasteiger charge is -2.21. The van der Waals surface area contributed by atoms with E-state index in [0.29, 0.717) is 10.6 Å². The summed E-state index contributed by atoms with van der Waals surface area (Å²) in [7, 11) is 0. The zero-order valence-corrected chi connectivity index (χ0v) is 6.95. The highest BCUT2D eigenvalue weighted by atomic mass is 32.2. The maximum atomic E-state index is 3.41. The van der Waals surface area contributed by atoms with Gasteiger partial charge in [-0.05, 0) is 12.3 Å². The first-order valence-electron chi connectivity index (χ1n) is 3.51. The van der Waals surface area contributed by atoms with Gasteiger partial charge in [0.05, 0.1) is 5.25 Å². The van der Waals surface area contributed by atoms with Crippen LogP contribution >= 0.6 is 11.8 Å². The van der Waals surface area contributed by atoms with Gasteiger partial charge in [-0.3, -0.25) is 0 Å². The van der Waals surface area contributed by atoms with E-state index < -0.39 is 0 Å². The topological polar surface area (TPSA) is 59.1 Å². The highest BCUT2D eigenvalue weighted by Crippen LogP contribution is 2.45. The molecule has 0 aromatic heterocycles. The molecular weight excluding hydrogens is 158 g/mol. The van der Waals surface area contributed by atoms with Gasteiger partial charge in [0.15, 0.2) is 0 Å².